The van der Waals surface area contributed by atoms with Crippen LogP contribution in [0.25, 0.3) is 0 Å². The Morgan fingerprint density at radius 3 is 2.50 bits per heavy atom. The number of hydrogen-bond donors (Lipinski definition) is 0. The van der Waals surface area contributed by atoms with Crippen molar-refractivity contribution in [3.63, 3.8) is 0 Å². The van der Waals surface area contributed by atoms with Gasteiger partial charge in [0.15, 0.2) is 0 Å². The van der Waals surface area contributed by atoms with Crippen molar-refractivity contribution in [3.8, 4) is 5.75 Å². The van der Waals surface area contributed by atoms with E-state index in [1.165, 1.54) is 23.1 Å². The summed E-state index contributed by atoms with van der Waals surface area (Å²) in [5.74, 6) is 1.05. The number of rotatable bonds is 4. The molecule has 0 unspecified atom stereocenters. The summed E-state index contributed by atoms with van der Waals surface area (Å²) in [6.45, 7) is 9.38. The number of aryl methyl sites for hydroxylation is 2. The van der Waals surface area contributed by atoms with Crippen LogP contribution in [0.5, 0.6) is 5.75 Å². The quantitative estimate of drug-likeness (QED) is 0.659. The molecule has 1 heteroatoms. The fraction of sp³-hybridized carbons (Fsp3) is 0.538. The molecule has 0 radical (unpaired) electrons. The summed E-state index contributed by atoms with van der Waals surface area (Å²) in [6, 6.07) is 4.32. The minimum atomic E-state index is 0.834. The van der Waals surface area contributed by atoms with Gasteiger partial charge in [0.25, 0.3) is 0 Å². The molecule has 0 amide bonds. The highest BCUT2D eigenvalue weighted by Gasteiger charge is 2.02. The SMILES string of the molecule is CCCCOc1cc(C)cc(C)c1C. The van der Waals surface area contributed by atoms with Crippen LogP contribution in [0.4, 0.5) is 0 Å². The van der Waals surface area contributed by atoms with Gasteiger partial charge >= 0.3 is 0 Å². The van der Waals surface area contributed by atoms with Crippen LogP contribution in [0.2, 0.25) is 0 Å². The van der Waals surface area contributed by atoms with Gasteiger partial charge in [0.2, 0.25) is 0 Å². The summed E-state index contributed by atoms with van der Waals surface area (Å²) in [4.78, 5) is 0. The Hall–Kier alpha value is -0.980. The molecule has 0 atom stereocenters. The van der Waals surface area contributed by atoms with Crippen LogP contribution in [0.1, 0.15) is 36.5 Å². The van der Waals surface area contributed by atoms with Crippen LogP contribution >= 0.6 is 0 Å². The highest BCUT2D eigenvalue weighted by Crippen LogP contribution is 2.23. The Kier molecular flexibility index (Phi) is 3.99. The summed E-state index contributed by atoms with van der Waals surface area (Å²) >= 11 is 0. The highest BCUT2D eigenvalue weighted by atomic mass is 16.5. The van der Waals surface area contributed by atoms with Crippen molar-refractivity contribution in [2.75, 3.05) is 6.61 Å². The molecule has 1 aromatic rings. The first-order chi connectivity index (χ1) is 6.65. The average Bonchev–Trinajstić information content (AvgIpc) is 2.13. The van der Waals surface area contributed by atoms with E-state index in [0.717, 1.165) is 18.8 Å². The van der Waals surface area contributed by atoms with Gasteiger partial charge in [-0.1, -0.05) is 19.4 Å². The molecule has 0 saturated carbocycles. The third kappa shape index (κ3) is 2.76. The molecule has 0 fully saturated rings. The van der Waals surface area contributed by atoms with E-state index in [1.54, 1.807) is 0 Å². The lowest BCUT2D eigenvalue weighted by Gasteiger charge is -2.11. The third-order valence-electron chi connectivity index (χ3n) is 2.52. The smallest absolute Gasteiger partial charge is 0.122 e. The normalized spacial score (nSPS) is 10.3. The van der Waals surface area contributed by atoms with Crippen LogP contribution in [0, 0.1) is 20.8 Å². The summed E-state index contributed by atoms with van der Waals surface area (Å²) < 4.78 is 5.74. The first-order valence-electron chi connectivity index (χ1n) is 5.35. The molecular formula is C13H20O. The second-order valence-electron chi connectivity index (χ2n) is 3.91. The Morgan fingerprint density at radius 2 is 1.86 bits per heavy atom. The van der Waals surface area contributed by atoms with Crippen LogP contribution in [0.15, 0.2) is 12.1 Å². The average molecular weight is 192 g/mol. The Morgan fingerprint density at radius 1 is 1.14 bits per heavy atom. The molecule has 0 N–H and O–H groups in total. The van der Waals surface area contributed by atoms with Crippen molar-refractivity contribution in [3.05, 3.63) is 28.8 Å². The first-order valence-corrected chi connectivity index (χ1v) is 5.35. The van der Waals surface area contributed by atoms with Gasteiger partial charge in [-0.2, -0.15) is 0 Å². The molecule has 0 spiro atoms. The molecule has 0 aliphatic heterocycles. The maximum atomic E-state index is 5.74. The van der Waals surface area contributed by atoms with Crippen LogP contribution in [-0.2, 0) is 0 Å². The van der Waals surface area contributed by atoms with E-state index in [4.69, 9.17) is 4.74 Å². The second kappa shape index (κ2) is 5.04. The Balaban J connectivity index is 2.75. The molecule has 0 aliphatic carbocycles. The summed E-state index contributed by atoms with van der Waals surface area (Å²) in [6.07, 6.45) is 2.32. The van der Waals surface area contributed by atoms with E-state index in [0.29, 0.717) is 0 Å². The zero-order chi connectivity index (χ0) is 10.6. The second-order valence-corrected chi connectivity index (χ2v) is 3.91. The number of ether oxygens (including phenoxy) is 1. The van der Waals surface area contributed by atoms with E-state index in [2.05, 4.69) is 39.8 Å². The van der Waals surface area contributed by atoms with E-state index in [-0.39, 0.29) is 0 Å². The lowest BCUT2D eigenvalue weighted by Crippen LogP contribution is -1.99. The molecule has 0 bridgehead atoms. The zero-order valence-electron chi connectivity index (χ0n) is 9.68. The van der Waals surface area contributed by atoms with E-state index in [9.17, 15) is 0 Å². The van der Waals surface area contributed by atoms with Crippen molar-refractivity contribution in [1.29, 1.82) is 0 Å². The van der Waals surface area contributed by atoms with Crippen LogP contribution in [-0.4, -0.2) is 6.61 Å². The van der Waals surface area contributed by atoms with E-state index in [1.807, 2.05) is 0 Å². The monoisotopic (exact) mass is 192 g/mol. The number of hydrogen-bond acceptors (Lipinski definition) is 1. The lowest BCUT2D eigenvalue weighted by atomic mass is 10.1. The maximum Gasteiger partial charge on any atom is 0.122 e. The molecule has 1 rings (SSSR count). The van der Waals surface area contributed by atoms with Gasteiger partial charge in [-0.05, 0) is 49.9 Å². The van der Waals surface area contributed by atoms with Crippen molar-refractivity contribution in [1.82, 2.24) is 0 Å². The standard InChI is InChI=1S/C13H20O/c1-5-6-7-14-13-9-10(2)8-11(3)12(13)4/h8-9H,5-7H2,1-4H3. The molecule has 1 aromatic carbocycles. The molecule has 0 saturated heterocycles. The van der Waals surface area contributed by atoms with Gasteiger partial charge in [-0.25, -0.2) is 0 Å². The minimum absolute atomic E-state index is 0.834. The molecule has 0 heterocycles. The lowest BCUT2D eigenvalue weighted by molar-refractivity contribution is 0.307. The third-order valence-corrected chi connectivity index (χ3v) is 2.52. The van der Waals surface area contributed by atoms with E-state index >= 15 is 0 Å². The first kappa shape index (κ1) is 11.1. The summed E-state index contributed by atoms with van der Waals surface area (Å²) in [5.41, 5.74) is 3.86. The van der Waals surface area contributed by atoms with Gasteiger partial charge < -0.3 is 4.74 Å². The number of unbranched alkanes of at least 4 members (excludes halogenated alkanes) is 1. The predicted molar refractivity (Wildman–Crippen MR) is 61.1 cm³/mol. The predicted octanol–water partition coefficient (Wildman–Crippen LogP) is 3.79. The Labute approximate surface area is 87.1 Å². The molecular weight excluding hydrogens is 172 g/mol. The van der Waals surface area contributed by atoms with Crippen LogP contribution in [0.3, 0.4) is 0 Å². The van der Waals surface area contributed by atoms with Crippen molar-refractivity contribution in [2.45, 2.75) is 40.5 Å². The zero-order valence-corrected chi connectivity index (χ0v) is 9.68. The summed E-state index contributed by atoms with van der Waals surface area (Å²) in [7, 11) is 0. The maximum absolute atomic E-state index is 5.74. The van der Waals surface area contributed by atoms with E-state index < -0.39 is 0 Å². The summed E-state index contributed by atoms with van der Waals surface area (Å²) in [5, 5.41) is 0. The van der Waals surface area contributed by atoms with Gasteiger partial charge in [0.1, 0.15) is 5.75 Å². The molecule has 14 heavy (non-hydrogen) atoms. The highest BCUT2D eigenvalue weighted by molar-refractivity contribution is 5.41. The molecule has 0 aromatic heterocycles. The largest absolute Gasteiger partial charge is 0.493 e. The van der Waals surface area contributed by atoms with Crippen LogP contribution < -0.4 is 4.74 Å². The fourth-order valence-electron chi connectivity index (χ4n) is 1.48. The van der Waals surface area contributed by atoms with Gasteiger partial charge in [-0.3, -0.25) is 0 Å². The molecule has 78 valence electrons. The fourth-order valence-corrected chi connectivity index (χ4v) is 1.48. The number of benzene rings is 1. The van der Waals surface area contributed by atoms with Gasteiger partial charge in [0, 0.05) is 0 Å². The van der Waals surface area contributed by atoms with Crippen molar-refractivity contribution >= 4 is 0 Å². The van der Waals surface area contributed by atoms with Crippen molar-refractivity contribution < 1.29 is 4.74 Å². The van der Waals surface area contributed by atoms with Crippen molar-refractivity contribution in [2.24, 2.45) is 0 Å². The van der Waals surface area contributed by atoms with Gasteiger partial charge in [-0.15, -0.1) is 0 Å². The Bertz CT molecular complexity index is 302. The minimum Gasteiger partial charge on any atom is -0.493 e. The van der Waals surface area contributed by atoms with Gasteiger partial charge in [0.05, 0.1) is 6.61 Å². The topological polar surface area (TPSA) is 9.23 Å². The molecule has 1 nitrogen and oxygen atoms in total. The molecule has 0 aliphatic rings.